The Bertz CT molecular complexity index is 475. The lowest BCUT2D eigenvalue weighted by atomic mass is 9.78. The number of amides is 1. The number of nitrogens with zero attached hydrogens (tertiary/aromatic N) is 1. The monoisotopic (exact) mass is 306 g/mol. The second-order valence-electron chi connectivity index (χ2n) is 6.56. The van der Waals surface area contributed by atoms with Crippen LogP contribution in [0.1, 0.15) is 31.7 Å². The molecule has 2 atom stereocenters. The third-order valence-corrected chi connectivity index (χ3v) is 5.05. The number of carbonyl (C=O) groups is 1. The van der Waals surface area contributed by atoms with E-state index in [1.807, 2.05) is 17.2 Å². The molecule has 116 valence electrons. The van der Waals surface area contributed by atoms with Gasteiger partial charge in [-0.1, -0.05) is 44.2 Å². The lowest BCUT2D eigenvalue weighted by Gasteiger charge is -2.25. The van der Waals surface area contributed by atoms with Gasteiger partial charge in [0.2, 0.25) is 5.91 Å². The Balaban J connectivity index is 2.07. The van der Waals surface area contributed by atoms with Gasteiger partial charge in [-0.3, -0.25) is 4.79 Å². The Hall–Kier alpha value is -1.00. The van der Waals surface area contributed by atoms with E-state index in [1.165, 1.54) is 5.56 Å². The van der Waals surface area contributed by atoms with E-state index >= 15 is 0 Å². The molecule has 0 aromatic heterocycles. The van der Waals surface area contributed by atoms with Gasteiger partial charge in [0.1, 0.15) is 0 Å². The summed E-state index contributed by atoms with van der Waals surface area (Å²) in [6, 6.07) is 10.1. The lowest BCUT2D eigenvalue weighted by Crippen LogP contribution is -2.43. The van der Waals surface area contributed by atoms with E-state index in [0.29, 0.717) is 5.92 Å². The van der Waals surface area contributed by atoms with Gasteiger partial charge in [0.25, 0.3) is 0 Å². The van der Waals surface area contributed by atoms with E-state index in [2.05, 4.69) is 38.1 Å². The molecule has 1 aliphatic rings. The van der Waals surface area contributed by atoms with E-state index in [1.54, 1.807) is 11.8 Å². The number of hydrogen-bond donors (Lipinski definition) is 1. The quantitative estimate of drug-likeness (QED) is 0.910. The minimum atomic E-state index is -0.359. The molecule has 1 amide bonds. The minimum Gasteiger partial charge on any atom is -0.340 e. The number of hydrogen-bond acceptors (Lipinski definition) is 3. The first-order valence-corrected chi connectivity index (χ1v) is 8.93. The summed E-state index contributed by atoms with van der Waals surface area (Å²) in [6.07, 6.45) is 2.80. The van der Waals surface area contributed by atoms with Crippen LogP contribution in [-0.2, 0) is 4.79 Å². The summed E-state index contributed by atoms with van der Waals surface area (Å²) in [4.78, 5) is 14.5. The standard InChI is InChI=1S/C17H26N2OS/c1-17(2)12-19(16(20)15(18)9-10-21-3)11-14(17)13-7-5-4-6-8-13/h4-8,14-15H,9-12,18H2,1-3H3/t14-,15+/m0/s1. The zero-order valence-electron chi connectivity index (χ0n) is 13.2. The summed E-state index contributed by atoms with van der Waals surface area (Å²) in [6.45, 7) is 6.05. The van der Waals surface area contributed by atoms with Crippen LogP contribution in [0.3, 0.4) is 0 Å². The topological polar surface area (TPSA) is 46.3 Å². The first-order chi connectivity index (χ1) is 9.95. The summed E-state index contributed by atoms with van der Waals surface area (Å²) in [5, 5.41) is 0. The molecule has 21 heavy (non-hydrogen) atoms. The highest BCUT2D eigenvalue weighted by Gasteiger charge is 2.42. The number of nitrogens with two attached hydrogens (primary N) is 1. The molecule has 3 nitrogen and oxygen atoms in total. The molecule has 0 aliphatic carbocycles. The number of rotatable bonds is 5. The van der Waals surface area contributed by atoms with Crippen LogP contribution < -0.4 is 5.73 Å². The zero-order valence-corrected chi connectivity index (χ0v) is 14.0. The molecule has 1 fully saturated rings. The average Bonchev–Trinajstić information content (AvgIpc) is 2.80. The van der Waals surface area contributed by atoms with Crippen molar-refractivity contribution >= 4 is 17.7 Å². The minimum absolute atomic E-state index is 0.0935. The zero-order chi connectivity index (χ0) is 15.5. The number of thioether (sulfide) groups is 1. The van der Waals surface area contributed by atoms with Crippen molar-refractivity contribution in [3.63, 3.8) is 0 Å². The molecule has 1 heterocycles. The maximum atomic E-state index is 12.5. The molecule has 1 saturated heterocycles. The van der Waals surface area contributed by atoms with E-state index in [0.717, 1.165) is 25.3 Å². The third kappa shape index (κ3) is 3.80. The van der Waals surface area contributed by atoms with Gasteiger partial charge in [0.05, 0.1) is 6.04 Å². The number of benzene rings is 1. The fourth-order valence-electron chi connectivity index (χ4n) is 3.15. The van der Waals surface area contributed by atoms with Crippen molar-refractivity contribution in [2.45, 2.75) is 32.2 Å². The third-order valence-electron chi connectivity index (χ3n) is 4.41. The lowest BCUT2D eigenvalue weighted by molar-refractivity contribution is -0.131. The van der Waals surface area contributed by atoms with Crippen LogP contribution in [0.2, 0.25) is 0 Å². The van der Waals surface area contributed by atoms with Gasteiger partial charge < -0.3 is 10.6 Å². The number of likely N-dealkylation sites (tertiary alicyclic amines) is 1. The van der Waals surface area contributed by atoms with Gasteiger partial charge in [-0.25, -0.2) is 0 Å². The number of carbonyl (C=O) groups excluding carboxylic acids is 1. The van der Waals surface area contributed by atoms with Gasteiger partial charge in [0, 0.05) is 19.0 Å². The average molecular weight is 306 g/mol. The molecule has 2 rings (SSSR count). The second kappa shape index (κ2) is 6.84. The van der Waals surface area contributed by atoms with Gasteiger partial charge in [0.15, 0.2) is 0 Å². The molecular formula is C17H26N2OS. The molecule has 1 aromatic carbocycles. The smallest absolute Gasteiger partial charge is 0.239 e. The molecule has 2 N–H and O–H groups in total. The van der Waals surface area contributed by atoms with Crippen molar-refractivity contribution in [1.29, 1.82) is 0 Å². The van der Waals surface area contributed by atoms with Crippen LogP contribution in [0.25, 0.3) is 0 Å². The van der Waals surface area contributed by atoms with Crippen molar-refractivity contribution in [3.05, 3.63) is 35.9 Å². The molecule has 4 heteroatoms. The fraction of sp³-hybridized carbons (Fsp3) is 0.588. The normalized spacial score (nSPS) is 22.3. The van der Waals surface area contributed by atoms with Gasteiger partial charge in [-0.15, -0.1) is 0 Å². The maximum absolute atomic E-state index is 12.5. The predicted molar refractivity (Wildman–Crippen MR) is 90.5 cm³/mol. The van der Waals surface area contributed by atoms with Crippen LogP contribution in [0.5, 0.6) is 0 Å². The maximum Gasteiger partial charge on any atom is 0.239 e. The Labute approximate surface area is 132 Å². The summed E-state index contributed by atoms with van der Waals surface area (Å²) < 4.78 is 0. The van der Waals surface area contributed by atoms with Crippen LogP contribution in [-0.4, -0.2) is 41.9 Å². The Morgan fingerprint density at radius 3 is 2.71 bits per heavy atom. The molecular weight excluding hydrogens is 280 g/mol. The molecule has 0 bridgehead atoms. The van der Waals surface area contributed by atoms with Crippen LogP contribution in [0.4, 0.5) is 0 Å². The molecule has 0 spiro atoms. The summed E-state index contributed by atoms with van der Waals surface area (Å²) in [5.41, 5.74) is 7.46. The van der Waals surface area contributed by atoms with E-state index < -0.39 is 0 Å². The van der Waals surface area contributed by atoms with Crippen molar-refractivity contribution in [1.82, 2.24) is 4.90 Å². The molecule has 1 aliphatic heterocycles. The van der Waals surface area contributed by atoms with Gasteiger partial charge in [-0.05, 0) is 29.4 Å². The van der Waals surface area contributed by atoms with Crippen molar-refractivity contribution in [3.8, 4) is 0 Å². The summed E-state index contributed by atoms with van der Waals surface area (Å²) in [5.74, 6) is 1.43. The molecule has 0 unspecified atom stereocenters. The van der Waals surface area contributed by atoms with Crippen LogP contribution in [0.15, 0.2) is 30.3 Å². The van der Waals surface area contributed by atoms with Crippen molar-refractivity contribution in [2.75, 3.05) is 25.1 Å². The molecule has 0 saturated carbocycles. The largest absolute Gasteiger partial charge is 0.340 e. The first-order valence-electron chi connectivity index (χ1n) is 7.54. The Morgan fingerprint density at radius 2 is 2.10 bits per heavy atom. The Kier molecular flexibility index (Phi) is 5.33. The second-order valence-corrected chi connectivity index (χ2v) is 7.54. The highest BCUT2D eigenvalue weighted by atomic mass is 32.2. The fourth-order valence-corrected chi connectivity index (χ4v) is 3.64. The van der Waals surface area contributed by atoms with Crippen molar-refractivity contribution < 1.29 is 4.79 Å². The highest BCUT2D eigenvalue weighted by Crippen LogP contribution is 2.42. The van der Waals surface area contributed by atoms with E-state index in [9.17, 15) is 4.79 Å². The predicted octanol–water partition coefficient (Wildman–Crippen LogP) is 2.72. The van der Waals surface area contributed by atoms with Crippen molar-refractivity contribution in [2.24, 2.45) is 11.1 Å². The van der Waals surface area contributed by atoms with E-state index in [-0.39, 0.29) is 17.4 Å². The van der Waals surface area contributed by atoms with Crippen LogP contribution >= 0.6 is 11.8 Å². The SMILES string of the molecule is CSCC[C@@H](N)C(=O)N1C[C@@H](c2ccccc2)C(C)(C)C1. The van der Waals surface area contributed by atoms with Crippen LogP contribution in [0, 0.1) is 5.41 Å². The summed E-state index contributed by atoms with van der Waals surface area (Å²) >= 11 is 1.74. The van der Waals surface area contributed by atoms with E-state index in [4.69, 9.17) is 5.73 Å². The van der Waals surface area contributed by atoms with Gasteiger partial charge in [-0.2, -0.15) is 11.8 Å². The highest BCUT2D eigenvalue weighted by molar-refractivity contribution is 7.98. The summed E-state index contributed by atoms with van der Waals surface area (Å²) in [7, 11) is 0. The molecule has 1 aromatic rings. The molecule has 0 radical (unpaired) electrons. The van der Waals surface area contributed by atoms with Gasteiger partial charge >= 0.3 is 0 Å². The first kappa shape index (κ1) is 16.4. The Morgan fingerprint density at radius 1 is 1.43 bits per heavy atom.